The van der Waals surface area contributed by atoms with Gasteiger partial charge >= 0.3 is 0 Å². The molecule has 1 aliphatic heterocycles. The molecule has 2 atom stereocenters. The van der Waals surface area contributed by atoms with Crippen LogP contribution in [0.25, 0.3) is 11.2 Å². The lowest BCUT2D eigenvalue weighted by Crippen LogP contribution is -2.27. The number of nitrogens with zero attached hydrogens (tertiary/aromatic N) is 3. The molecule has 1 fully saturated rings. The highest BCUT2D eigenvalue weighted by atomic mass is 16.5. The van der Waals surface area contributed by atoms with E-state index in [2.05, 4.69) is 27.2 Å². The minimum Gasteiger partial charge on any atom is -0.376 e. The predicted octanol–water partition coefficient (Wildman–Crippen LogP) is 1.61. The Morgan fingerprint density at radius 2 is 2.18 bits per heavy atom. The summed E-state index contributed by atoms with van der Waals surface area (Å²) in [5, 5.41) is 3.38. The van der Waals surface area contributed by atoms with Crippen LogP contribution in [0, 0.1) is 0 Å². The van der Waals surface area contributed by atoms with Gasteiger partial charge in [-0.05, 0) is 25.5 Å². The van der Waals surface area contributed by atoms with E-state index in [1.165, 1.54) is 0 Å². The molecule has 2 aromatic heterocycles. The number of fused-ring (bicyclic) bond motifs is 1. The maximum atomic E-state index is 5.51. The second-order valence-corrected chi connectivity index (χ2v) is 4.21. The summed E-state index contributed by atoms with van der Waals surface area (Å²) in [6.07, 6.45) is 4.57. The van der Waals surface area contributed by atoms with Crippen LogP contribution in [-0.4, -0.2) is 33.7 Å². The van der Waals surface area contributed by atoms with Crippen LogP contribution in [0.2, 0.25) is 0 Å². The van der Waals surface area contributed by atoms with Gasteiger partial charge in [0.25, 0.3) is 0 Å². The quantitative estimate of drug-likeness (QED) is 0.849. The van der Waals surface area contributed by atoms with Gasteiger partial charge in [-0.15, -0.1) is 0 Å². The van der Waals surface area contributed by atoms with E-state index in [1.54, 1.807) is 12.4 Å². The molecule has 0 saturated carbocycles. The van der Waals surface area contributed by atoms with Gasteiger partial charge in [-0.1, -0.05) is 0 Å². The van der Waals surface area contributed by atoms with E-state index in [1.807, 2.05) is 12.1 Å². The normalized spacial score (nSPS) is 24.1. The molecule has 3 rings (SSSR count). The van der Waals surface area contributed by atoms with Crippen molar-refractivity contribution in [2.45, 2.75) is 25.5 Å². The van der Waals surface area contributed by atoms with Crippen LogP contribution in [0.4, 0.5) is 5.82 Å². The zero-order valence-corrected chi connectivity index (χ0v) is 9.63. The molecule has 0 bridgehead atoms. The first kappa shape index (κ1) is 10.4. The summed E-state index contributed by atoms with van der Waals surface area (Å²) in [5.74, 6) is 0.834. The fourth-order valence-electron chi connectivity index (χ4n) is 2.05. The Kier molecular flexibility index (Phi) is 2.60. The lowest BCUT2D eigenvalue weighted by Gasteiger charge is -2.16. The summed E-state index contributed by atoms with van der Waals surface area (Å²) >= 11 is 0. The van der Waals surface area contributed by atoms with Crippen LogP contribution >= 0.6 is 0 Å². The van der Waals surface area contributed by atoms with Crippen LogP contribution in [0.15, 0.2) is 24.5 Å². The Balaban J connectivity index is 1.85. The van der Waals surface area contributed by atoms with Gasteiger partial charge in [-0.25, -0.2) is 9.97 Å². The third-order valence-corrected chi connectivity index (χ3v) is 3.04. The second kappa shape index (κ2) is 4.25. The van der Waals surface area contributed by atoms with E-state index in [-0.39, 0.29) is 6.10 Å². The zero-order chi connectivity index (χ0) is 11.7. The molecule has 17 heavy (non-hydrogen) atoms. The van der Waals surface area contributed by atoms with Crippen LogP contribution < -0.4 is 5.32 Å². The summed E-state index contributed by atoms with van der Waals surface area (Å²) in [5.41, 5.74) is 1.48. The van der Waals surface area contributed by atoms with E-state index in [0.29, 0.717) is 11.7 Å². The average molecular weight is 230 g/mol. The minimum absolute atomic E-state index is 0.231. The molecule has 0 spiro atoms. The SMILES string of the molecule is CC1OCCC1Nc1ccc2nccnc2n1. The zero-order valence-electron chi connectivity index (χ0n) is 9.63. The smallest absolute Gasteiger partial charge is 0.180 e. The molecule has 5 heteroatoms. The van der Waals surface area contributed by atoms with E-state index >= 15 is 0 Å². The highest BCUT2D eigenvalue weighted by Gasteiger charge is 2.24. The molecule has 5 nitrogen and oxygen atoms in total. The van der Waals surface area contributed by atoms with Crippen LogP contribution in [0.3, 0.4) is 0 Å². The third-order valence-electron chi connectivity index (χ3n) is 3.04. The Morgan fingerprint density at radius 3 is 3.00 bits per heavy atom. The van der Waals surface area contributed by atoms with Gasteiger partial charge in [-0.2, -0.15) is 0 Å². The van der Waals surface area contributed by atoms with Gasteiger partial charge < -0.3 is 10.1 Å². The van der Waals surface area contributed by atoms with Gasteiger partial charge in [0.2, 0.25) is 0 Å². The molecule has 2 unspecified atom stereocenters. The highest BCUT2D eigenvalue weighted by Crippen LogP contribution is 2.18. The lowest BCUT2D eigenvalue weighted by molar-refractivity contribution is 0.121. The van der Waals surface area contributed by atoms with Gasteiger partial charge in [0.1, 0.15) is 11.3 Å². The van der Waals surface area contributed by atoms with Crippen molar-refractivity contribution in [1.82, 2.24) is 15.0 Å². The summed E-state index contributed by atoms with van der Waals surface area (Å²) < 4.78 is 5.51. The van der Waals surface area contributed by atoms with Crippen molar-refractivity contribution < 1.29 is 4.74 Å². The number of anilines is 1. The van der Waals surface area contributed by atoms with Crippen molar-refractivity contribution >= 4 is 17.0 Å². The first-order chi connectivity index (χ1) is 8.33. The predicted molar refractivity (Wildman–Crippen MR) is 64.8 cm³/mol. The number of aromatic nitrogens is 3. The molecule has 3 heterocycles. The van der Waals surface area contributed by atoms with Gasteiger partial charge in [0.05, 0.1) is 12.1 Å². The Morgan fingerprint density at radius 1 is 1.29 bits per heavy atom. The first-order valence-electron chi connectivity index (χ1n) is 5.79. The Bertz CT molecular complexity index is 531. The fraction of sp³-hybridized carbons (Fsp3) is 0.417. The molecule has 0 amide bonds. The summed E-state index contributed by atoms with van der Waals surface area (Å²) in [4.78, 5) is 12.8. The van der Waals surface area contributed by atoms with Gasteiger partial charge in [-0.3, -0.25) is 4.98 Å². The topological polar surface area (TPSA) is 59.9 Å². The second-order valence-electron chi connectivity index (χ2n) is 4.21. The summed E-state index contributed by atoms with van der Waals surface area (Å²) in [6, 6.07) is 4.19. The number of ether oxygens (including phenoxy) is 1. The summed E-state index contributed by atoms with van der Waals surface area (Å²) in [6.45, 7) is 2.89. The number of pyridine rings is 1. The van der Waals surface area contributed by atoms with Crippen LogP contribution in [0.5, 0.6) is 0 Å². The van der Waals surface area contributed by atoms with E-state index in [4.69, 9.17) is 4.74 Å². The molecule has 0 aliphatic carbocycles. The average Bonchev–Trinajstić information content (AvgIpc) is 2.75. The van der Waals surface area contributed by atoms with Crippen molar-refractivity contribution in [3.63, 3.8) is 0 Å². The van der Waals surface area contributed by atoms with Gasteiger partial charge in [0, 0.05) is 19.0 Å². The molecule has 2 aromatic rings. The van der Waals surface area contributed by atoms with Crippen molar-refractivity contribution in [1.29, 1.82) is 0 Å². The number of rotatable bonds is 2. The largest absolute Gasteiger partial charge is 0.376 e. The van der Waals surface area contributed by atoms with E-state index < -0.39 is 0 Å². The number of hydrogen-bond acceptors (Lipinski definition) is 5. The lowest BCUT2D eigenvalue weighted by atomic mass is 10.1. The first-order valence-corrected chi connectivity index (χ1v) is 5.79. The van der Waals surface area contributed by atoms with E-state index in [9.17, 15) is 0 Å². The van der Waals surface area contributed by atoms with E-state index in [0.717, 1.165) is 24.4 Å². The fourth-order valence-corrected chi connectivity index (χ4v) is 2.05. The van der Waals surface area contributed by atoms with Crippen LogP contribution in [-0.2, 0) is 4.74 Å². The van der Waals surface area contributed by atoms with Crippen LogP contribution in [0.1, 0.15) is 13.3 Å². The standard InChI is InChI=1S/C12H14N4O/c1-8-9(4-7-17-8)15-11-3-2-10-12(16-11)14-6-5-13-10/h2-3,5-6,8-9H,4,7H2,1H3,(H,14,15,16). The maximum absolute atomic E-state index is 5.51. The molecule has 0 aromatic carbocycles. The van der Waals surface area contributed by atoms with Crippen molar-refractivity contribution in [3.8, 4) is 0 Å². The molecule has 88 valence electrons. The minimum atomic E-state index is 0.231. The molecule has 1 N–H and O–H groups in total. The highest BCUT2D eigenvalue weighted by molar-refractivity contribution is 5.71. The summed E-state index contributed by atoms with van der Waals surface area (Å²) in [7, 11) is 0. The number of nitrogens with one attached hydrogen (secondary N) is 1. The molecule has 1 aliphatic rings. The third kappa shape index (κ3) is 2.06. The molecule has 1 saturated heterocycles. The van der Waals surface area contributed by atoms with Crippen molar-refractivity contribution in [3.05, 3.63) is 24.5 Å². The van der Waals surface area contributed by atoms with Gasteiger partial charge in [0.15, 0.2) is 5.65 Å². The molecular weight excluding hydrogens is 216 g/mol. The van der Waals surface area contributed by atoms with Crippen molar-refractivity contribution in [2.75, 3.05) is 11.9 Å². The number of hydrogen-bond donors (Lipinski definition) is 1. The molecular formula is C12H14N4O. The molecule has 0 radical (unpaired) electrons. The maximum Gasteiger partial charge on any atom is 0.180 e. The Labute approximate surface area is 99.3 Å². The van der Waals surface area contributed by atoms with Crippen molar-refractivity contribution in [2.24, 2.45) is 0 Å². The monoisotopic (exact) mass is 230 g/mol. The Hall–Kier alpha value is -1.75.